The van der Waals surface area contributed by atoms with Crippen LogP contribution >= 0.6 is 23.1 Å². The molecule has 1 aromatic carbocycles. The first kappa shape index (κ1) is 19.3. The number of anilines is 1. The second-order valence-electron chi connectivity index (χ2n) is 6.32. The molecule has 3 aromatic heterocycles. The van der Waals surface area contributed by atoms with Crippen molar-refractivity contribution in [2.75, 3.05) is 11.1 Å². The van der Waals surface area contributed by atoms with E-state index in [1.54, 1.807) is 30.5 Å². The van der Waals surface area contributed by atoms with Crippen molar-refractivity contribution in [3.8, 4) is 5.75 Å². The number of phenols is 1. The molecule has 0 fully saturated rings. The number of benzene rings is 1. The monoisotopic (exact) mass is 427 g/mol. The number of aryl methyl sites for hydroxylation is 1. The number of fused-ring (bicyclic) bond motifs is 1. The van der Waals surface area contributed by atoms with Crippen molar-refractivity contribution in [2.24, 2.45) is 0 Å². The van der Waals surface area contributed by atoms with Crippen LogP contribution in [0.25, 0.3) is 10.2 Å². The minimum absolute atomic E-state index is 0.0847. The van der Waals surface area contributed by atoms with E-state index in [-0.39, 0.29) is 29.5 Å². The Morgan fingerprint density at radius 3 is 2.83 bits per heavy atom. The van der Waals surface area contributed by atoms with Gasteiger partial charge in [0.15, 0.2) is 5.16 Å². The number of carbonyl (C=O) groups excluding carboxylic acids is 1. The number of nitrogens with zero attached hydrogens (tertiary/aromatic N) is 2. The zero-order chi connectivity index (χ0) is 20.4. The first-order chi connectivity index (χ1) is 14.0. The van der Waals surface area contributed by atoms with Gasteiger partial charge < -0.3 is 14.8 Å². The largest absolute Gasteiger partial charge is 0.508 e. The summed E-state index contributed by atoms with van der Waals surface area (Å²) in [6, 6.07) is 11.6. The van der Waals surface area contributed by atoms with Crippen LogP contribution in [0.5, 0.6) is 5.75 Å². The van der Waals surface area contributed by atoms with Crippen molar-refractivity contribution in [2.45, 2.75) is 18.6 Å². The van der Waals surface area contributed by atoms with E-state index in [2.05, 4.69) is 10.3 Å². The highest BCUT2D eigenvalue weighted by Crippen LogP contribution is 2.25. The zero-order valence-corrected chi connectivity index (χ0v) is 17.0. The number of phenolic OH excluding ortho intramolecular Hbond substituents is 1. The maximum absolute atomic E-state index is 13.0. The number of thiophene rings is 1. The van der Waals surface area contributed by atoms with Gasteiger partial charge in [0, 0.05) is 10.6 Å². The molecule has 0 bridgehead atoms. The van der Waals surface area contributed by atoms with Crippen LogP contribution in [0, 0.1) is 6.92 Å². The van der Waals surface area contributed by atoms with Gasteiger partial charge in [-0.15, -0.1) is 11.3 Å². The fourth-order valence-electron chi connectivity index (χ4n) is 2.80. The van der Waals surface area contributed by atoms with Crippen LogP contribution in [0.15, 0.2) is 63.1 Å². The Kier molecular flexibility index (Phi) is 5.41. The van der Waals surface area contributed by atoms with Crippen LogP contribution in [0.2, 0.25) is 0 Å². The summed E-state index contributed by atoms with van der Waals surface area (Å²) in [5, 5.41) is 13.1. The van der Waals surface area contributed by atoms with E-state index in [9.17, 15) is 14.7 Å². The van der Waals surface area contributed by atoms with Crippen molar-refractivity contribution < 1.29 is 14.3 Å². The summed E-state index contributed by atoms with van der Waals surface area (Å²) in [6.07, 6.45) is 1.55. The molecule has 0 saturated heterocycles. The van der Waals surface area contributed by atoms with Crippen LogP contribution in [0.4, 0.5) is 5.69 Å². The van der Waals surface area contributed by atoms with Crippen molar-refractivity contribution in [1.82, 2.24) is 9.55 Å². The third-order valence-electron chi connectivity index (χ3n) is 4.12. The molecular weight excluding hydrogens is 410 g/mol. The van der Waals surface area contributed by atoms with Crippen molar-refractivity contribution in [3.05, 3.63) is 69.7 Å². The maximum Gasteiger partial charge on any atom is 0.263 e. The highest BCUT2D eigenvalue weighted by atomic mass is 32.2. The SMILES string of the molecule is Cc1cc2c(=O)n(Cc3ccco3)c(SCC(=O)Nc3ccc(O)cc3)nc2s1. The lowest BCUT2D eigenvalue weighted by molar-refractivity contribution is -0.113. The van der Waals surface area contributed by atoms with Crippen LogP contribution < -0.4 is 10.9 Å². The molecule has 0 spiro atoms. The minimum atomic E-state index is -0.234. The Hall–Kier alpha value is -3.04. The molecule has 29 heavy (non-hydrogen) atoms. The van der Waals surface area contributed by atoms with Gasteiger partial charge in [0.2, 0.25) is 5.91 Å². The number of hydrogen-bond acceptors (Lipinski definition) is 7. The van der Waals surface area contributed by atoms with Crippen molar-refractivity contribution in [3.63, 3.8) is 0 Å². The molecule has 4 rings (SSSR count). The van der Waals surface area contributed by atoms with Crippen LogP contribution in [0.1, 0.15) is 10.6 Å². The molecule has 0 atom stereocenters. The summed E-state index contributed by atoms with van der Waals surface area (Å²) < 4.78 is 6.92. The molecule has 9 heteroatoms. The molecular formula is C20H17N3O4S2. The predicted molar refractivity (Wildman–Crippen MR) is 114 cm³/mol. The molecule has 4 aromatic rings. The molecule has 0 aliphatic heterocycles. The number of hydrogen-bond donors (Lipinski definition) is 2. The normalized spacial score (nSPS) is 11.1. The number of thioether (sulfide) groups is 1. The average molecular weight is 428 g/mol. The molecule has 7 nitrogen and oxygen atoms in total. The van der Waals surface area contributed by atoms with Crippen LogP contribution in [0.3, 0.4) is 0 Å². The number of aromatic hydroxyl groups is 1. The van der Waals surface area contributed by atoms with Gasteiger partial charge in [-0.25, -0.2) is 4.98 Å². The van der Waals surface area contributed by atoms with Gasteiger partial charge in [-0.3, -0.25) is 14.2 Å². The summed E-state index contributed by atoms with van der Waals surface area (Å²) in [5.74, 6) is 0.613. The molecule has 0 saturated carbocycles. The number of furan rings is 1. The summed E-state index contributed by atoms with van der Waals surface area (Å²) >= 11 is 2.64. The topological polar surface area (TPSA) is 97.4 Å². The number of carbonyl (C=O) groups is 1. The average Bonchev–Trinajstić information content (AvgIpc) is 3.33. The summed E-state index contributed by atoms with van der Waals surface area (Å²) in [5.41, 5.74) is 0.427. The molecule has 0 aliphatic carbocycles. The van der Waals surface area contributed by atoms with Gasteiger partial charge in [-0.1, -0.05) is 11.8 Å². The lowest BCUT2D eigenvalue weighted by Gasteiger charge is -2.11. The van der Waals surface area contributed by atoms with Gasteiger partial charge >= 0.3 is 0 Å². The van der Waals surface area contributed by atoms with E-state index in [4.69, 9.17) is 4.42 Å². The van der Waals surface area contributed by atoms with Gasteiger partial charge in [-0.2, -0.15) is 0 Å². The lowest BCUT2D eigenvalue weighted by Crippen LogP contribution is -2.24. The quantitative estimate of drug-likeness (QED) is 0.276. The minimum Gasteiger partial charge on any atom is -0.508 e. The van der Waals surface area contributed by atoms with Crippen LogP contribution in [-0.4, -0.2) is 26.3 Å². The lowest BCUT2D eigenvalue weighted by atomic mass is 10.3. The van der Waals surface area contributed by atoms with E-state index in [0.717, 1.165) is 4.88 Å². The summed E-state index contributed by atoms with van der Waals surface area (Å²) in [6.45, 7) is 2.17. The third-order valence-corrected chi connectivity index (χ3v) is 6.04. The second-order valence-corrected chi connectivity index (χ2v) is 8.50. The fourth-order valence-corrected chi connectivity index (χ4v) is 4.52. The van der Waals surface area contributed by atoms with Gasteiger partial charge in [-0.05, 0) is 49.4 Å². The number of rotatable bonds is 6. The van der Waals surface area contributed by atoms with Gasteiger partial charge in [0.25, 0.3) is 5.56 Å². The summed E-state index contributed by atoms with van der Waals surface area (Å²) in [4.78, 5) is 31.6. The van der Waals surface area contributed by atoms with Crippen molar-refractivity contribution in [1.29, 1.82) is 0 Å². The molecule has 3 heterocycles. The smallest absolute Gasteiger partial charge is 0.263 e. The Balaban J connectivity index is 1.58. The Morgan fingerprint density at radius 1 is 1.31 bits per heavy atom. The molecule has 2 N–H and O–H groups in total. The number of nitrogens with one attached hydrogen (secondary N) is 1. The predicted octanol–water partition coefficient (Wildman–Crippen LogP) is 3.84. The van der Waals surface area contributed by atoms with Crippen LogP contribution in [-0.2, 0) is 11.3 Å². The zero-order valence-electron chi connectivity index (χ0n) is 15.4. The molecule has 0 radical (unpaired) electrons. The standard InChI is InChI=1S/C20H17N3O4S2/c1-12-9-16-18(29-12)22-20(23(19(16)26)10-15-3-2-8-27-15)28-11-17(25)21-13-4-6-14(24)7-5-13/h2-9,24H,10-11H2,1H3,(H,21,25). The number of amides is 1. The van der Waals surface area contributed by atoms with Gasteiger partial charge in [0.1, 0.15) is 16.3 Å². The molecule has 0 aliphatic rings. The maximum atomic E-state index is 13.0. The molecule has 0 unspecified atom stereocenters. The Morgan fingerprint density at radius 2 is 2.10 bits per heavy atom. The second kappa shape index (κ2) is 8.14. The van der Waals surface area contributed by atoms with E-state index >= 15 is 0 Å². The Bertz CT molecular complexity index is 1210. The van der Waals surface area contributed by atoms with E-state index in [0.29, 0.717) is 26.8 Å². The first-order valence-electron chi connectivity index (χ1n) is 8.74. The molecule has 148 valence electrons. The first-order valence-corrected chi connectivity index (χ1v) is 10.5. The fraction of sp³-hybridized carbons (Fsp3) is 0.150. The van der Waals surface area contributed by atoms with E-state index in [1.165, 1.54) is 39.8 Å². The van der Waals surface area contributed by atoms with Crippen molar-refractivity contribution >= 4 is 44.9 Å². The highest BCUT2D eigenvalue weighted by Gasteiger charge is 2.16. The van der Waals surface area contributed by atoms with E-state index in [1.807, 2.05) is 13.0 Å². The summed E-state index contributed by atoms with van der Waals surface area (Å²) in [7, 11) is 0. The molecule has 1 amide bonds. The number of aromatic nitrogens is 2. The highest BCUT2D eigenvalue weighted by molar-refractivity contribution is 7.99. The van der Waals surface area contributed by atoms with E-state index < -0.39 is 0 Å². The third kappa shape index (κ3) is 4.36. The van der Waals surface area contributed by atoms with Gasteiger partial charge in [0.05, 0.1) is 23.9 Å². The Labute approximate surface area is 174 Å².